The molecule has 0 atom stereocenters. The molecule has 0 aliphatic heterocycles. The van der Waals surface area contributed by atoms with E-state index in [1.54, 1.807) is 22.2 Å². The van der Waals surface area contributed by atoms with Gasteiger partial charge in [-0.15, -0.1) is 11.8 Å². The predicted molar refractivity (Wildman–Crippen MR) is 104 cm³/mol. The zero-order valence-corrected chi connectivity index (χ0v) is 16.5. The van der Waals surface area contributed by atoms with Crippen LogP contribution in [0, 0.1) is 0 Å². The van der Waals surface area contributed by atoms with Gasteiger partial charge in [-0.2, -0.15) is 0 Å². The van der Waals surface area contributed by atoms with Crippen LogP contribution in [0.2, 0.25) is 0 Å². The minimum absolute atomic E-state index is 0.403. The molecule has 5 nitrogen and oxygen atoms in total. The number of nitrogens with zero attached hydrogens (tertiary/aromatic N) is 1. The third kappa shape index (κ3) is 6.52. The van der Waals surface area contributed by atoms with Crippen molar-refractivity contribution in [2.75, 3.05) is 12.1 Å². The Kier molecular flexibility index (Phi) is 9.27. The van der Waals surface area contributed by atoms with Crippen molar-refractivity contribution in [2.45, 2.75) is 10.6 Å². The first-order valence-electron chi connectivity index (χ1n) is 6.54. The van der Waals surface area contributed by atoms with Crippen LogP contribution in [0.25, 0.3) is 0 Å². The number of nitrogens with two attached hydrogens (primary N) is 2. The van der Waals surface area contributed by atoms with E-state index in [9.17, 15) is 0 Å². The summed E-state index contributed by atoms with van der Waals surface area (Å²) >= 11 is 8.94. The normalized spacial score (nSPS) is 9.61. The zero-order chi connectivity index (χ0) is 17.2. The fourth-order valence-electron chi connectivity index (χ4n) is 1.68. The second-order valence-corrected chi connectivity index (χ2v) is 7.06. The molecule has 0 spiro atoms. The molecule has 2 aromatic rings. The van der Waals surface area contributed by atoms with Gasteiger partial charge >= 0.3 is 0 Å². The number of rotatable bonds is 5. The predicted octanol–water partition coefficient (Wildman–Crippen LogP) is 3.42. The first-order valence-corrected chi connectivity index (χ1v) is 9.11. The maximum Gasteiger partial charge on any atom is 0.221 e. The van der Waals surface area contributed by atoms with Gasteiger partial charge in [-0.05, 0) is 39.7 Å². The second kappa shape index (κ2) is 10.7. The summed E-state index contributed by atoms with van der Waals surface area (Å²) in [4.78, 5) is 10.1. The van der Waals surface area contributed by atoms with Crippen LogP contribution in [0.4, 0.5) is 5.69 Å². The van der Waals surface area contributed by atoms with E-state index < -0.39 is 0 Å². The summed E-state index contributed by atoms with van der Waals surface area (Å²) in [6.45, 7) is 0. The van der Waals surface area contributed by atoms with E-state index in [2.05, 4.69) is 55.9 Å². The van der Waals surface area contributed by atoms with Crippen molar-refractivity contribution >= 4 is 55.7 Å². The number of nitrogens with one attached hydrogen (secondary N) is 1. The van der Waals surface area contributed by atoms with Crippen LogP contribution in [0.1, 0.15) is 5.56 Å². The van der Waals surface area contributed by atoms with Crippen LogP contribution in [-0.2, 0) is 10.5 Å². The van der Waals surface area contributed by atoms with Crippen molar-refractivity contribution in [2.24, 2.45) is 11.7 Å². The van der Waals surface area contributed by atoms with Crippen molar-refractivity contribution < 1.29 is 4.79 Å². The molecular formula is C15H18Br2N4OS. The van der Waals surface area contributed by atoms with Crippen LogP contribution in [0.5, 0.6) is 0 Å². The van der Waals surface area contributed by atoms with Gasteiger partial charge in [0.15, 0.2) is 0 Å². The molecule has 1 amide bonds. The minimum atomic E-state index is 0.403. The Morgan fingerprint density at radius 3 is 2.35 bits per heavy atom. The Morgan fingerprint density at radius 1 is 1.17 bits per heavy atom. The van der Waals surface area contributed by atoms with E-state index in [0.29, 0.717) is 6.41 Å². The van der Waals surface area contributed by atoms with Crippen molar-refractivity contribution in [3.63, 3.8) is 0 Å². The van der Waals surface area contributed by atoms with E-state index in [4.69, 9.17) is 10.6 Å². The number of amides is 1. The van der Waals surface area contributed by atoms with Crippen molar-refractivity contribution in [1.82, 2.24) is 5.43 Å². The summed E-state index contributed by atoms with van der Waals surface area (Å²) in [6.07, 6.45) is 0.403. The molecule has 8 heteroatoms. The highest BCUT2D eigenvalue weighted by Crippen LogP contribution is 2.38. The lowest BCUT2D eigenvalue weighted by atomic mass is 10.2. The highest BCUT2D eigenvalue weighted by atomic mass is 79.9. The molecule has 2 aromatic carbocycles. The summed E-state index contributed by atoms with van der Waals surface area (Å²) in [5, 5.41) is 1.65. The molecule has 0 heterocycles. The number of hydrogen-bond donors (Lipinski definition) is 3. The molecule has 0 saturated heterocycles. The lowest BCUT2D eigenvalue weighted by molar-refractivity contribution is -0.109. The average molecular weight is 462 g/mol. The van der Waals surface area contributed by atoms with Crippen LogP contribution in [-0.4, -0.2) is 13.5 Å². The van der Waals surface area contributed by atoms with E-state index >= 15 is 0 Å². The smallest absolute Gasteiger partial charge is 0.221 e. The quantitative estimate of drug-likeness (QED) is 0.209. The van der Waals surface area contributed by atoms with E-state index in [-0.39, 0.29) is 0 Å². The Labute approximate surface area is 157 Å². The molecule has 0 fully saturated rings. The Bertz CT molecular complexity index is 641. The zero-order valence-electron chi connectivity index (χ0n) is 12.5. The van der Waals surface area contributed by atoms with Crippen LogP contribution < -0.4 is 22.1 Å². The summed E-state index contributed by atoms with van der Waals surface area (Å²) < 4.78 is 2.21. The molecule has 0 aliphatic rings. The molecule has 0 aliphatic carbocycles. The van der Waals surface area contributed by atoms with Crippen molar-refractivity contribution in [3.05, 3.63) is 57.0 Å². The number of thioether (sulfide) groups is 1. The maximum atomic E-state index is 8.94. The molecule has 124 valence electrons. The Morgan fingerprint density at radius 2 is 1.78 bits per heavy atom. The monoisotopic (exact) mass is 460 g/mol. The third-order valence-electron chi connectivity index (χ3n) is 2.72. The molecule has 2 rings (SSSR count). The third-order valence-corrected chi connectivity index (χ3v) is 5.59. The van der Waals surface area contributed by atoms with Gasteiger partial charge in [-0.3, -0.25) is 10.2 Å². The standard InChI is InChI=1S/C14H14Br2N2S.CH4N2O/c1-18(17)13-8-4-7-12(16)14(13)19-9-10-5-2-3-6-11(10)15;2-3-1-4/h2-8H,9,17H2,1H3;1H,2H2,(H,3,4). The molecular weight excluding hydrogens is 444 g/mol. The molecule has 5 N–H and O–H groups in total. The number of anilines is 1. The molecule has 0 saturated carbocycles. The van der Waals surface area contributed by atoms with Crippen molar-refractivity contribution in [3.8, 4) is 0 Å². The Balaban J connectivity index is 0.000000593. The number of benzene rings is 2. The first-order chi connectivity index (χ1) is 11.0. The van der Waals surface area contributed by atoms with Gasteiger partial charge in [0.1, 0.15) is 0 Å². The van der Waals surface area contributed by atoms with Crippen LogP contribution in [0.3, 0.4) is 0 Å². The van der Waals surface area contributed by atoms with Gasteiger partial charge in [0, 0.05) is 26.6 Å². The van der Waals surface area contributed by atoms with Gasteiger partial charge in [0.2, 0.25) is 6.41 Å². The van der Waals surface area contributed by atoms with E-state index in [1.165, 1.54) is 5.56 Å². The van der Waals surface area contributed by atoms with Gasteiger partial charge in [0.25, 0.3) is 0 Å². The molecule has 0 unspecified atom stereocenters. The maximum absolute atomic E-state index is 8.94. The Hall–Kier alpha value is -1.06. The SMILES string of the molecule is CN(N)c1cccc(Br)c1SCc1ccccc1Br.NNC=O. The summed E-state index contributed by atoms with van der Waals surface area (Å²) in [7, 11) is 1.85. The van der Waals surface area contributed by atoms with Crippen molar-refractivity contribution in [1.29, 1.82) is 0 Å². The van der Waals surface area contributed by atoms with Crippen LogP contribution >= 0.6 is 43.6 Å². The fourth-order valence-corrected chi connectivity index (χ4v) is 4.11. The average Bonchev–Trinajstić information content (AvgIpc) is 2.55. The highest BCUT2D eigenvalue weighted by molar-refractivity contribution is 9.10. The molecule has 0 aromatic heterocycles. The second-order valence-electron chi connectivity index (χ2n) is 4.36. The van der Waals surface area contributed by atoms with Gasteiger partial charge in [-0.25, -0.2) is 11.7 Å². The lowest BCUT2D eigenvalue weighted by Crippen LogP contribution is -2.25. The number of halogens is 2. The van der Waals surface area contributed by atoms with Gasteiger partial charge in [-0.1, -0.05) is 40.2 Å². The molecule has 0 radical (unpaired) electrons. The van der Waals surface area contributed by atoms with E-state index in [1.807, 2.05) is 31.3 Å². The van der Waals surface area contributed by atoms with Gasteiger partial charge < -0.3 is 5.01 Å². The summed E-state index contributed by atoms with van der Waals surface area (Å²) in [6, 6.07) is 14.3. The highest BCUT2D eigenvalue weighted by Gasteiger charge is 2.10. The molecule has 0 bridgehead atoms. The number of hydrazine groups is 2. The van der Waals surface area contributed by atoms with E-state index in [0.717, 1.165) is 25.3 Å². The topological polar surface area (TPSA) is 84.4 Å². The van der Waals surface area contributed by atoms with Gasteiger partial charge in [0.05, 0.1) is 5.69 Å². The minimum Gasteiger partial charge on any atom is -0.313 e. The summed E-state index contributed by atoms with van der Waals surface area (Å²) in [5.41, 5.74) is 4.04. The lowest BCUT2D eigenvalue weighted by Gasteiger charge is -2.18. The first kappa shape index (κ1) is 20.0. The number of hydrogen-bond acceptors (Lipinski definition) is 5. The van der Waals surface area contributed by atoms with Crippen LogP contribution in [0.15, 0.2) is 56.3 Å². The number of carbonyl (C=O) groups excluding carboxylic acids is 1. The largest absolute Gasteiger partial charge is 0.313 e. The number of carbonyl (C=O) groups is 1. The molecule has 23 heavy (non-hydrogen) atoms. The fraction of sp³-hybridized carbons (Fsp3) is 0.133. The summed E-state index contributed by atoms with van der Waals surface area (Å²) in [5.74, 6) is 11.2.